The molecule has 2 aliphatic rings. The van der Waals surface area contributed by atoms with E-state index in [0.29, 0.717) is 24.0 Å². The van der Waals surface area contributed by atoms with Crippen LogP contribution in [0.5, 0.6) is 0 Å². The van der Waals surface area contributed by atoms with Gasteiger partial charge < -0.3 is 4.74 Å². The van der Waals surface area contributed by atoms with Crippen LogP contribution >= 0.6 is 0 Å². The van der Waals surface area contributed by atoms with E-state index in [1.807, 2.05) is 6.07 Å². The number of benzene rings is 1. The molecule has 1 aromatic rings. The van der Waals surface area contributed by atoms with Gasteiger partial charge in [-0.25, -0.2) is 8.42 Å². The summed E-state index contributed by atoms with van der Waals surface area (Å²) in [5, 5.41) is 0. The first-order valence-electron chi connectivity index (χ1n) is 8.27. The minimum Gasteiger partial charge on any atom is -0.383 e. The predicted octanol–water partition coefficient (Wildman–Crippen LogP) is 1.95. The van der Waals surface area contributed by atoms with Crippen LogP contribution in [-0.4, -0.2) is 63.1 Å². The van der Waals surface area contributed by atoms with Gasteiger partial charge in [-0.05, 0) is 44.9 Å². The van der Waals surface area contributed by atoms with Gasteiger partial charge in [0, 0.05) is 31.8 Å². The van der Waals surface area contributed by atoms with Gasteiger partial charge in [-0.3, -0.25) is 4.90 Å². The van der Waals surface area contributed by atoms with E-state index in [0.717, 1.165) is 32.3 Å². The first-order chi connectivity index (χ1) is 11.0. The van der Waals surface area contributed by atoms with Crippen LogP contribution in [0.4, 0.5) is 0 Å². The molecule has 0 aliphatic carbocycles. The maximum atomic E-state index is 12.7. The van der Waals surface area contributed by atoms with Crippen molar-refractivity contribution >= 4 is 10.0 Å². The van der Waals surface area contributed by atoms with Crippen molar-refractivity contribution in [3.05, 3.63) is 30.3 Å². The summed E-state index contributed by atoms with van der Waals surface area (Å²) in [5.74, 6) is 0. The van der Waals surface area contributed by atoms with Crippen molar-refractivity contribution in [2.24, 2.45) is 0 Å². The van der Waals surface area contributed by atoms with Gasteiger partial charge in [0.05, 0.1) is 11.5 Å². The van der Waals surface area contributed by atoms with Crippen LogP contribution in [0.15, 0.2) is 35.2 Å². The fourth-order valence-electron chi connectivity index (χ4n) is 4.07. The molecule has 1 spiro atoms. The third-order valence-electron chi connectivity index (χ3n) is 5.63. The molecule has 2 heterocycles. The molecule has 0 N–H and O–H groups in total. The topological polar surface area (TPSA) is 49.9 Å². The van der Waals surface area contributed by atoms with Crippen molar-refractivity contribution in [2.45, 2.75) is 42.2 Å². The van der Waals surface area contributed by atoms with Gasteiger partial charge in [0.25, 0.3) is 0 Å². The molecule has 2 fully saturated rings. The fourth-order valence-corrected chi connectivity index (χ4v) is 5.53. The Bertz CT molecular complexity index is 624. The van der Waals surface area contributed by atoms with Crippen LogP contribution in [0.2, 0.25) is 0 Å². The predicted molar refractivity (Wildman–Crippen MR) is 89.8 cm³/mol. The van der Waals surface area contributed by atoms with E-state index in [9.17, 15) is 8.42 Å². The van der Waals surface area contributed by atoms with E-state index in [4.69, 9.17) is 4.74 Å². The molecule has 23 heavy (non-hydrogen) atoms. The minimum absolute atomic E-state index is 0.145. The van der Waals surface area contributed by atoms with Gasteiger partial charge in [0.15, 0.2) is 0 Å². The standard InChI is InChI=1S/C17H26N2O3S/c1-18-15(14-22-2)8-9-17(18)10-12-19(13-11-17)23(20,21)16-6-4-3-5-7-16/h3-7,15H,8-14H2,1-2H3/t15-/m1/s1. The summed E-state index contributed by atoms with van der Waals surface area (Å²) >= 11 is 0. The molecule has 2 aliphatic heterocycles. The van der Waals surface area contributed by atoms with E-state index < -0.39 is 10.0 Å². The summed E-state index contributed by atoms with van der Waals surface area (Å²) in [7, 11) is 0.549. The van der Waals surface area contributed by atoms with Gasteiger partial charge >= 0.3 is 0 Å². The lowest BCUT2D eigenvalue weighted by Gasteiger charge is -2.44. The third kappa shape index (κ3) is 3.05. The zero-order chi connectivity index (χ0) is 16.5. The number of hydrogen-bond acceptors (Lipinski definition) is 4. The van der Waals surface area contributed by atoms with Gasteiger partial charge in [0.1, 0.15) is 0 Å². The lowest BCUT2D eigenvalue weighted by atomic mass is 9.86. The van der Waals surface area contributed by atoms with E-state index in [2.05, 4.69) is 11.9 Å². The molecule has 0 radical (unpaired) electrons. The molecule has 3 rings (SSSR count). The second-order valence-electron chi connectivity index (χ2n) is 6.70. The number of likely N-dealkylation sites (tertiary alicyclic amines) is 1. The Morgan fingerprint density at radius 3 is 2.43 bits per heavy atom. The molecule has 5 nitrogen and oxygen atoms in total. The quantitative estimate of drug-likeness (QED) is 0.842. The van der Waals surface area contributed by atoms with Crippen molar-refractivity contribution < 1.29 is 13.2 Å². The van der Waals surface area contributed by atoms with Gasteiger partial charge in [-0.2, -0.15) is 4.31 Å². The first-order valence-corrected chi connectivity index (χ1v) is 9.71. The largest absolute Gasteiger partial charge is 0.383 e. The molecule has 1 atom stereocenters. The molecule has 128 valence electrons. The highest BCUT2D eigenvalue weighted by Crippen LogP contribution is 2.41. The SMILES string of the molecule is COC[C@H]1CCC2(CCN(S(=O)(=O)c3ccccc3)CC2)N1C. The molecule has 0 saturated carbocycles. The van der Waals surface area contributed by atoms with Crippen LogP contribution in [-0.2, 0) is 14.8 Å². The van der Waals surface area contributed by atoms with Crippen molar-refractivity contribution in [2.75, 3.05) is 33.9 Å². The molecular weight excluding hydrogens is 312 g/mol. The zero-order valence-electron chi connectivity index (χ0n) is 13.9. The summed E-state index contributed by atoms with van der Waals surface area (Å²) in [6.45, 7) is 1.95. The van der Waals surface area contributed by atoms with Crippen molar-refractivity contribution in [3.8, 4) is 0 Å². The van der Waals surface area contributed by atoms with Crippen LogP contribution in [0.25, 0.3) is 0 Å². The Morgan fingerprint density at radius 1 is 1.17 bits per heavy atom. The average molecular weight is 338 g/mol. The lowest BCUT2D eigenvalue weighted by molar-refractivity contribution is 0.0454. The number of methoxy groups -OCH3 is 1. The first kappa shape index (κ1) is 16.9. The number of nitrogens with zero attached hydrogens (tertiary/aromatic N) is 2. The molecule has 0 aromatic heterocycles. The van der Waals surface area contributed by atoms with Crippen LogP contribution in [0.3, 0.4) is 0 Å². The van der Waals surface area contributed by atoms with Crippen LogP contribution in [0.1, 0.15) is 25.7 Å². The normalized spacial score (nSPS) is 25.9. The Labute approximate surface area is 139 Å². The summed E-state index contributed by atoms with van der Waals surface area (Å²) in [6.07, 6.45) is 4.07. The summed E-state index contributed by atoms with van der Waals surface area (Å²) in [5.41, 5.74) is 0.145. The smallest absolute Gasteiger partial charge is 0.243 e. The average Bonchev–Trinajstić information content (AvgIpc) is 2.86. The second kappa shape index (κ2) is 6.51. The Hall–Kier alpha value is -0.950. The minimum atomic E-state index is -3.36. The van der Waals surface area contributed by atoms with Crippen LogP contribution in [0, 0.1) is 0 Å². The summed E-state index contributed by atoms with van der Waals surface area (Å²) in [4.78, 5) is 2.83. The van der Waals surface area contributed by atoms with Gasteiger partial charge in [0.2, 0.25) is 10.0 Å². The maximum absolute atomic E-state index is 12.7. The highest BCUT2D eigenvalue weighted by Gasteiger charge is 2.47. The highest BCUT2D eigenvalue weighted by atomic mass is 32.2. The van der Waals surface area contributed by atoms with E-state index in [-0.39, 0.29) is 5.54 Å². The number of piperidine rings is 1. The maximum Gasteiger partial charge on any atom is 0.243 e. The highest BCUT2D eigenvalue weighted by molar-refractivity contribution is 7.89. The lowest BCUT2D eigenvalue weighted by Crippen LogP contribution is -2.53. The van der Waals surface area contributed by atoms with Crippen molar-refractivity contribution in [1.82, 2.24) is 9.21 Å². The fraction of sp³-hybridized carbons (Fsp3) is 0.647. The summed E-state index contributed by atoms with van der Waals surface area (Å²) < 4.78 is 32.4. The van der Waals surface area contributed by atoms with E-state index in [1.165, 1.54) is 0 Å². The van der Waals surface area contributed by atoms with E-state index >= 15 is 0 Å². The Morgan fingerprint density at radius 2 is 1.83 bits per heavy atom. The monoisotopic (exact) mass is 338 g/mol. The molecule has 0 amide bonds. The molecular formula is C17H26N2O3S. The molecule has 0 bridgehead atoms. The molecule has 0 unspecified atom stereocenters. The number of rotatable bonds is 4. The van der Waals surface area contributed by atoms with Crippen LogP contribution < -0.4 is 0 Å². The molecule has 2 saturated heterocycles. The zero-order valence-corrected chi connectivity index (χ0v) is 14.8. The number of hydrogen-bond donors (Lipinski definition) is 0. The molecule has 1 aromatic carbocycles. The number of likely N-dealkylation sites (N-methyl/N-ethyl adjacent to an activating group) is 1. The van der Waals surface area contributed by atoms with Gasteiger partial charge in [-0.1, -0.05) is 18.2 Å². The summed E-state index contributed by atoms with van der Waals surface area (Å²) in [6, 6.07) is 9.20. The number of sulfonamides is 1. The number of ether oxygens (including phenoxy) is 1. The van der Waals surface area contributed by atoms with E-state index in [1.54, 1.807) is 35.7 Å². The molecule has 6 heteroatoms. The Kier molecular flexibility index (Phi) is 4.78. The van der Waals surface area contributed by atoms with Crippen molar-refractivity contribution in [3.63, 3.8) is 0 Å². The second-order valence-corrected chi connectivity index (χ2v) is 8.64. The van der Waals surface area contributed by atoms with Gasteiger partial charge in [-0.15, -0.1) is 0 Å². The van der Waals surface area contributed by atoms with Crippen molar-refractivity contribution in [1.29, 1.82) is 0 Å². The third-order valence-corrected chi connectivity index (χ3v) is 7.54. The Balaban J connectivity index is 1.70.